The molecule has 0 aliphatic carbocycles. The van der Waals surface area contributed by atoms with Crippen LogP contribution in [0.4, 0.5) is 5.82 Å². The van der Waals surface area contributed by atoms with E-state index in [1.54, 1.807) is 0 Å². The number of amides is 2. The zero-order valence-corrected chi connectivity index (χ0v) is 31.2. The lowest BCUT2D eigenvalue weighted by atomic mass is 9.87. The number of anilines is 1. The third-order valence-electron chi connectivity index (χ3n) is 6.73. The number of aromatic amines is 2. The van der Waals surface area contributed by atoms with Gasteiger partial charge in [-0.1, -0.05) is 13.8 Å². The van der Waals surface area contributed by atoms with Crippen LogP contribution in [0.2, 0.25) is 0 Å². The van der Waals surface area contributed by atoms with Gasteiger partial charge in [0.15, 0.2) is 21.4 Å². The predicted octanol–water partition coefficient (Wildman–Crippen LogP) is -0.340. The van der Waals surface area contributed by atoms with E-state index in [-0.39, 0.29) is 45.4 Å². The standard InChI is InChI=1S/C21H36N7O16P3S3/c1-21(2,14(31)17(32)24-4-3-10(29)23-5-6-48)8-41-47(38,39)44-46(36,37)40-7-9-13(43-45(33,34)35)12(30)18(42-9)28-16-11(25-20(28)50)15(22)26-19(49)27-16/h9,12-14,18,30-31,48H,3-8H2,1-2H3,(H,23,29)(H,24,32)(H,25,50)(H,36,37)(H,38,39)(H2,33,34,35)(H3,22,26,27,49)/t9-,12-,13-,14+,18-/m1/s1. The number of nitrogens with two attached hydrogens (primary N) is 1. The Morgan fingerprint density at radius 1 is 1.12 bits per heavy atom. The molecule has 50 heavy (non-hydrogen) atoms. The molecular weight excluding hydrogens is 795 g/mol. The van der Waals surface area contributed by atoms with Crippen molar-refractivity contribution in [2.75, 3.05) is 37.8 Å². The third kappa shape index (κ3) is 11.7. The monoisotopic (exact) mass is 831 g/mol. The number of rotatable bonds is 18. The minimum absolute atomic E-state index is 0.00284. The van der Waals surface area contributed by atoms with Gasteiger partial charge in [0.25, 0.3) is 0 Å². The number of carbonyl (C=O) groups excluding carboxylic acids is 2. The molecule has 2 unspecified atom stereocenters. The van der Waals surface area contributed by atoms with E-state index in [1.165, 1.54) is 13.8 Å². The summed E-state index contributed by atoms with van der Waals surface area (Å²) in [5, 5.41) is 26.3. The maximum Gasteiger partial charge on any atom is 0.481 e. The molecule has 2 aromatic rings. The number of H-pyrrole nitrogens is 2. The lowest BCUT2D eigenvalue weighted by Gasteiger charge is -2.30. The summed E-state index contributed by atoms with van der Waals surface area (Å²) in [6.07, 6.45) is -9.26. The molecule has 3 heterocycles. The largest absolute Gasteiger partial charge is 0.481 e. The van der Waals surface area contributed by atoms with E-state index in [1.807, 2.05) is 0 Å². The summed E-state index contributed by atoms with van der Waals surface area (Å²) in [4.78, 5) is 72.5. The zero-order chi connectivity index (χ0) is 37.8. The summed E-state index contributed by atoms with van der Waals surface area (Å²) < 4.78 is 61.7. The number of carbonyl (C=O) groups is 2. The molecule has 0 radical (unpaired) electrons. The molecule has 7 atom stereocenters. The average Bonchev–Trinajstić information content (AvgIpc) is 3.47. The molecule has 0 aromatic carbocycles. The van der Waals surface area contributed by atoms with Crippen molar-refractivity contribution in [2.24, 2.45) is 5.41 Å². The van der Waals surface area contributed by atoms with Crippen LogP contribution in [0.1, 0.15) is 26.5 Å². The molecule has 0 spiro atoms. The van der Waals surface area contributed by atoms with Gasteiger partial charge in [-0.15, -0.1) is 0 Å². The molecule has 2 aromatic heterocycles. The fourth-order valence-electron chi connectivity index (χ4n) is 4.34. The number of nitrogens with one attached hydrogen (secondary N) is 4. The summed E-state index contributed by atoms with van der Waals surface area (Å²) in [7, 11) is -16.4. The maximum atomic E-state index is 12.6. The number of imidazole rings is 1. The number of nitrogens with zero attached hydrogens (tertiary/aromatic N) is 2. The number of hydrogen-bond donors (Lipinski definition) is 12. The molecule has 23 nitrogen and oxygen atoms in total. The molecule has 1 aliphatic rings. The molecule has 0 saturated carbocycles. The van der Waals surface area contributed by atoms with Gasteiger partial charge in [-0.25, -0.2) is 13.7 Å². The van der Waals surface area contributed by atoms with Crippen LogP contribution in [0.5, 0.6) is 0 Å². The lowest BCUT2D eigenvalue weighted by Crippen LogP contribution is -2.46. The minimum atomic E-state index is -5.58. The highest BCUT2D eigenvalue weighted by atomic mass is 32.1. The average molecular weight is 832 g/mol. The molecule has 2 amide bonds. The Kier molecular flexibility index (Phi) is 14.5. The van der Waals surface area contributed by atoms with Crippen LogP contribution in [0.15, 0.2) is 0 Å². The fraction of sp³-hybridized carbons (Fsp3) is 0.667. The van der Waals surface area contributed by atoms with Crippen LogP contribution in [0, 0.1) is 15.0 Å². The summed E-state index contributed by atoms with van der Waals surface area (Å²) >= 11 is 14.2. The molecule has 1 saturated heterocycles. The van der Waals surface area contributed by atoms with Crippen molar-refractivity contribution in [1.29, 1.82) is 0 Å². The number of phosphoric acid groups is 3. The summed E-state index contributed by atoms with van der Waals surface area (Å²) in [6, 6.07) is 0. The molecule has 29 heteroatoms. The molecular formula is C21H36N7O16P3S3. The van der Waals surface area contributed by atoms with E-state index in [2.05, 4.69) is 47.0 Å². The predicted molar refractivity (Wildman–Crippen MR) is 178 cm³/mol. The van der Waals surface area contributed by atoms with Gasteiger partial charge in [0.1, 0.15) is 35.8 Å². The van der Waals surface area contributed by atoms with Gasteiger partial charge in [0.2, 0.25) is 11.8 Å². The molecule has 12 N–H and O–H groups in total. The van der Waals surface area contributed by atoms with Crippen molar-refractivity contribution in [3.05, 3.63) is 9.54 Å². The second kappa shape index (κ2) is 17.0. The quantitative estimate of drug-likeness (QED) is 0.0519. The van der Waals surface area contributed by atoms with Gasteiger partial charge in [-0.2, -0.15) is 21.9 Å². The number of aliphatic hydroxyl groups excluding tert-OH is 2. The number of aromatic nitrogens is 4. The van der Waals surface area contributed by atoms with Gasteiger partial charge in [-0.05, 0) is 24.4 Å². The van der Waals surface area contributed by atoms with Gasteiger partial charge >= 0.3 is 23.5 Å². The van der Waals surface area contributed by atoms with E-state index in [4.69, 9.17) is 44.0 Å². The van der Waals surface area contributed by atoms with Crippen molar-refractivity contribution in [2.45, 2.75) is 50.9 Å². The first-order valence-corrected chi connectivity index (χ1v) is 20.0. The molecule has 0 bridgehead atoms. The summed E-state index contributed by atoms with van der Waals surface area (Å²) in [5.74, 6) is -0.927. The summed E-state index contributed by atoms with van der Waals surface area (Å²) in [6.45, 7) is 0.645. The highest BCUT2D eigenvalue weighted by molar-refractivity contribution is 7.80. The van der Waals surface area contributed by atoms with Crippen molar-refractivity contribution in [3.63, 3.8) is 0 Å². The van der Waals surface area contributed by atoms with Crippen LogP contribution >= 0.6 is 60.5 Å². The van der Waals surface area contributed by atoms with Gasteiger partial charge < -0.3 is 60.9 Å². The second-order valence-electron chi connectivity index (χ2n) is 11.2. The van der Waals surface area contributed by atoms with Crippen LogP contribution in [-0.4, -0.2) is 118 Å². The van der Waals surface area contributed by atoms with Crippen molar-refractivity contribution >= 4 is 89.3 Å². The zero-order valence-electron chi connectivity index (χ0n) is 26.0. The topological polar surface area (TPSA) is 352 Å². The Morgan fingerprint density at radius 2 is 1.76 bits per heavy atom. The number of thiol groups is 1. The number of hydrogen-bond acceptors (Lipinski definition) is 17. The fourth-order valence-corrected chi connectivity index (χ4v) is 7.77. The Balaban J connectivity index is 1.66. The molecule has 1 fully saturated rings. The Hall–Kier alpha value is -1.67. The van der Waals surface area contributed by atoms with Crippen LogP contribution in [-0.2, 0) is 45.9 Å². The molecule has 3 rings (SSSR count). The smallest absolute Gasteiger partial charge is 0.386 e. The molecule has 1 aliphatic heterocycles. The van der Waals surface area contributed by atoms with Crippen LogP contribution < -0.4 is 16.4 Å². The number of phosphoric ester groups is 3. The minimum Gasteiger partial charge on any atom is -0.386 e. The highest BCUT2D eigenvalue weighted by Gasteiger charge is 2.50. The van der Waals surface area contributed by atoms with Crippen molar-refractivity contribution < 1.29 is 75.7 Å². The molecule has 284 valence electrons. The first-order chi connectivity index (χ1) is 23.0. The van der Waals surface area contributed by atoms with E-state index in [0.29, 0.717) is 12.3 Å². The van der Waals surface area contributed by atoms with Crippen LogP contribution in [0.3, 0.4) is 0 Å². The van der Waals surface area contributed by atoms with E-state index in [0.717, 1.165) is 4.57 Å². The highest BCUT2D eigenvalue weighted by Crippen LogP contribution is 2.61. The number of aliphatic hydroxyl groups is 2. The SMILES string of the molecule is CC(C)(COP(=O)(O)OP(=O)(O)OC[C@H]1O[C@@H](n2c(=S)[nH]c3c(N)[nH]c(=S)nc32)[C@H](O)[C@@H]1OP(=O)(O)O)[C@@H](O)C(=O)NCCC(=O)NCCS. The second-order valence-corrected chi connectivity index (χ2v) is 16.6. The van der Waals surface area contributed by atoms with E-state index in [9.17, 15) is 53.1 Å². The first kappa shape index (κ1) is 42.7. The van der Waals surface area contributed by atoms with Crippen molar-refractivity contribution in [1.82, 2.24) is 30.2 Å². The Bertz CT molecular complexity index is 1820. The first-order valence-electron chi connectivity index (χ1n) is 14.0. The van der Waals surface area contributed by atoms with Gasteiger partial charge in [0.05, 0.1) is 13.2 Å². The van der Waals surface area contributed by atoms with Crippen LogP contribution in [0.25, 0.3) is 11.2 Å². The summed E-state index contributed by atoms with van der Waals surface area (Å²) in [5.41, 5.74) is 4.37. The van der Waals surface area contributed by atoms with E-state index < -0.39 is 78.6 Å². The van der Waals surface area contributed by atoms with Gasteiger partial charge in [0, 0.05) is 30.7 Å². The lowest BCUT2D eigenvalue weighted by molar-refractivity contribution is -0.137. The normalized spacial score (nSPS) is 22.9. The Labute approximate surface area is 298 Å². The van der Waals surface area contributed by atoms with Gasteiger partial charge in [-0.3, -0.25) is 27.7 Å². The van der Waals surface area contributed by atoms with E-state index >= 15 is 0 Å². The maximum absolute atomic E-state index is 12.6. The number of nitrogen functional groups attached to an aromatic ring is 1. The Morgan fingerprint density at radius 3 is 2.38 bits per heavy atom. The third-order valence-corrected chi connectivity index (χ3v) is 10.5. The van der Waals surface area contributed by atoms with Crippen molar-refractivity contribution in [3.8, 4) is 0 Å². The number of fused-ring (bicyclic) bond motifs is 1. The number of ether oxygens (including phenoxy) is 1.